The summed E-state index contributed by atoms with van der Waals surface area (Å²) in [5.41, 5.74) is 0.563. The maximum absolute atomic E-state index is 12.4. The number of carboxylic acid groups (broad SMARTS) is 1. The van der Waals surface area contributed by atoms with E-state index >= 15 is 0 Å². The van der Waals surface area contributed by atoms with Gasteiger partial charge >= 0.3 is 5.97 Å². The van der Waals surface area contributed by atoms with Crippen LogP contribution in [0, 0.1) is 11.8 Å². The molecule has 1 amide bonds. The molecule has 1 aromatic rings. The van der Waals surface area contributed by atoms with Crippen LogP contribution < -0.4 is 5.32 Å². The molecule has 2 unspecified atom stereocenters. The molecule has 0 radical (unpaired) electrons. The summed E-state index contributed by atoms with van der Waals surface area (Å²) in [6.07, 6.45) is 0.678. The Labute approximate surface area is 131 Å². The van der Waals surface area contributed by atoms with Crippen LogP contribution in [0.5, 0.6) is 0 Å². The summed E-state index contributed by atoms with van der Waals surface area (Å²) in [6, 6.07) is 7.68. The highest BCUT2D eigenvalue weighted by atomic mass is 32.1. The van der Waals surface area contributed by atoms with Gasteiger partial charge in [-0.3, -0.25) is 4.79 Å². The van der Waals surface area contributed by atoms with Gasteiger partial charge in [-0.2, -0.15) is 12.6 Å². The number of carboxylic acids is 1. The normalized spacial score (nSPS) is 15.3. The SMILES string of the molecule is CC(C)CC(C(=O)N[C@@H](C(=O)O)c1ccccc1)C(C)S. The number of benzene rings is 1. The van der Waals surface area contributed by atoms with Gasteiger partial charge in [-0.1, -0.05) is 51.1 Å². The van der Waals surface area contributed by atoms with Gasteiger partial charge in [-0.05, 0) is 17.9 Å². The number of aliphatic carboxylic acids is 1. The molecule has 116 valence electrons. The van der Waals surface area contributed by atoms with E-state index in [0.29, 0.717) is 17.9 Å². The number of amides is 1. The van der Waals surface area contributed by atoms with E-state index in [1.54, 1.807) is 24.3 Å². The van der Waals surface area contributed by atoms with Gasteiger partial charge < -0.3 is 10.4 Å². The lowest BCUT2D eigenvalue weighted by Crippen LogP contribution is -2.40. The predicted molar refractivity (Wildman–Crippen MR) is 86.4 cm³/mol. The molecule has 3 atom stereocenters. The largest absolute Gasteiger partial charge is 0.479 e. The molecule has 0 fully saturated rings. The second-order valence-electron chi connectivity index (χ2n) is 5.67. The van der Waals surface area contributed by atoms with Crippen LogP contribution in [0.3, 0.4) is 0 Å². The molecule has 0 aliphatic heterocycles. The van der Waals surface area contributed by atoms with Gasteiger partial charge in [0.1, 0.15) is 0 Å². The lowest BCUT2D eigenvalue weighted by Gasteiger charge is -2.24. The monoisotopic (exact) mass is 309 g/mol. The zero-order valence-electron chi connectivity index (χ0n) is 12.6. The summed E-state index contributed by atoms with van der Waals surface area (Å²) in [5.74, 6) is -1.29. The number of nitrogens with one attached hydrogen (secondary N) is 1. The minimum atomic E-state index is -1.07. The van der Waals surface area contributed by atoms with Crippen molar-refractivity contribution in [3.8, 4) is 0 Å². The van der Waals surface area contributed by atoms with Crippen molar-refractivity contribution in [3.63, 3.8) is 0 Å². The molecule has 1 aromatic carbocycles. The van der Waals surface area contributed by atoms with E-state index in [0.717, 1.165) is 0 Å². The van der Waals surface area contributed by atoms with E-state index in [1.165, 1.54) is 0 Å². The van der Waals surface area contributed by atoms with Crippen LogP contribution in [-0.2, 0) is 9.59 Å². The molecule has 0 saturated heterocycles. The zero-order chi connectivity index (χ0) is 16.0. The molecule has 21 heavy (non-hydrogen) atoms. The zero-order valence-corrected chi connectivity index (χ0v) is 13.5. The average Bonchev–Trinajstić information content (AvgIpc) is 2.42. The Morgan fingerprint density at radius 3 is 2.19 bits per heavy atom. The maximum atomic E-state index is 12.4. The highest BCUT2D eigenvalue weighted by Gasteiger charge is 2.29. The van der Waals surface area contributed by atoms with E-state index in [-0.39, 0.29) is 17.1 Å². The van der Waals surface area contributed by atoms with E-state index < -0.39 is 12.0 Å². The number of carbonyl (C=O) groups is 2. The summed E-state index contributed by atoms with van der Waals surface area (Å²) < 4.78 is 0. The molecular formula is C16H23NO3S. The summed E-state index contributed by atoms with van der Waals surface area (Å²) in [7, 11) is 0. The molecule has 0 aromatic heterocycles. The van der Waals surface area contributed by atoms with Crippen molar-refractivity contribution in [2.45, 2.75) is 38.5 Å². The van der Waals surface area contributed by atoms with Crippen molar-refractivity contribution in [2.75, 3.05) is 0 Å². The summed E-state index contributed by atoms with van der Waals surface area (Å²) in [4.78, 5) is 23.8. The first kappa shape index (κ1) is 17.6. The van der Waals surface area contributed by atoms with Gasteiger partial charge in [0.15, 0.2) is 6.04 Å². The van der Waals surface area contributed by atoms with Gasteiger partial charge in [0, 0.05) is 11.2 Å². The maximum Gasteiger partial charge on any atom is 0.330 e. The van der Waals surface area contributed by atoms with Crippen LogP contribution in [0.25, 0.3) is 0 Å². The van der Waals surface area contributed by atoms with E-state index in [2.05, 4.69) is 17.9 Å². The van der Waals surface area contributed by atoms with Crippen molar-refractivity contribution < 1.29 is 14.7 Å². The summed E-state index contributed by atoms with van der Waals surface area (Å²) in [6.45, 7) is 5.92. The minimum absolute atomic E-state index is 0.127. The fraction of sp³-hybridized carbons (Fsp3) is 0.500. The first-order valence-electron chi connectivity index (χ1n) is 7.09. The van der Waals surface area contributed by atoms with Crippen molar-refractivity contribution in [3.05, 3.63) is 35.9 Å². The second-order valence-corrected chi connectivity index (χ2v) is 6.48. The Morgan fingerprint density at radius 1 is 1.19 bits per heavy atom. The number of thiol groups is 1. The molecule has 1 rings (SSSR count). The predicted octanol–water partition coefficient (Wildman–Crippen LogP) is 2.91. The third-order valence-electron chi connectivity index (χ3n) is 3.31. The Kier molecular flexibility index (Phi) is 6.75. The highest BCUT2D eigenvalue weighted by Crippen LogP contribution is 2.21. The molecule has 0 aliphatic rings. The Balaban J connectivity index is 2.88. The fourth-order valence-electron chi connectivity index (χ4n) is 2.21. The molecule has 0 saturated carbocycles. The molecule has 0 aliphatic carbocycles. The lowest BCUT2D eigenvalue weighted by molar-refractivity contribution is -0.142. The number of rotatable bonds is 7. The molecule has 5 heteroatoms. The van der Waals surface area contributed by atoms with Crippen LogP contribution in [0.1, 0.15) is 38.8 Å². The molecule has 2 N–H and O–H groups in total. The topological polar surface area (TPSA) is 66.4 Å². The first-order chi connectivity index (χ1) is 9.82. The minimum Gasteiger partial charge on any atom is -0.479 e. The van der Waals surface area contributed by atoms with Crippen LogP contribution in [0.4, 0.5) is 0 Å². The van der Waals surface area contributed by atoms with Crippen molar-refractivity contribution in [1.29, 1.82) is 0 Å². The summed E-state index contributed by atoms with van der Waals surface area (Å²) in [5, 5.41) is 11.8. The number of hydrogen-bond acceptors (Lipinski definition) is 3. The van der Waals surface area contributed by atoms with Gasteiger partial charge in [-0.25, -0.2) is 4.79 Å². The van der Waals surface area contributed by atoms with Gasteiger partial charge in [-0.15, -0.1) is 0 Å². The van der Waals surface area contributed by atoms with Crippen LogP contribution in [0.2, 0.25) is 0 Å². The van der Waals surface area contributed by atoms with Crippen LogP contribution >= 0.6 is 12.6 Å². The van der Waals surface area contributed by atoms with E-state index in [4.69, 9.17) is 0 Å². The van der Waals surface area contributed by atoms with E-state index in [9.17, 15) is 14.7 Å². The third kappa shape index (κ3) is 5.42. The Hall–Kier alpha value is -1.49. The quantitative estimate of drug-likeness (QED) is 0.679. The molecule has 0 spiro atoms. The van der Waals surface area contributed by atoms with Crippen LogP contribution in [-0.4, -0.2) is 22.2 Å². The van der Waals surface area contributed by atoms with Gasteiger partial charge in [0.05, 0.1) is 0 Å². The van der Waals surface area contributed by atoms with Crippen molar-refractivity contribution in [1.82, 2.24) is 5.32 Å². The second kappa shape index (κ2) is 8.08. The van der Waals surface area contributed by atoms with Gasteiger partial charge in [0.2, 0.25) is 5.91 Å². The van der Waals surface area contributed by atoms with Gasteiger partial charge in [0.25, 0.3) is 0 Å². The standard InChI is InChI=1S/C16H23NO3S/c1-10(2)9-13(11(3)21)15(18)17-14(16(19)20)12-7-5-4-6-8-12/h4-8,10-11,13-14,21H,9H2,1-3H3,(H,17,18)(H,19,20)/t11?,13?,14-/m1/s1. The lowest BCUT2D eigenvalue weighted by atomic mass is 9.93. The molecule has 4 nitrogen and oxygen atoms in total. The number of carbonyl (C=O) groups excluding carboxylic acids is 1. The van der Waals surface area contributed by atoms with Crippen LogP contribution in [0.15, 0.2) is 30.3 Å². The molecular weight excluding hydrogens is 286 g/mol. The van der Waals surface area contributed by atoms with Crippen molar-refractivity contribution >= 4 is 24.5 Å². The summed E-state index contributed by atoms with van der Waals surface area (Å²) >= 11 is 4.36. The highest BCUT2D eigenvalue weighted by molar-refractivity contribution is 7.81. The average molecular weight is 309 g/mol. The Bertz CT molecular complexity index is 474. The molecule has 0 bridgehead atoms. The fourth-order valence-corrected chi connectivity index (χ4v) is 2.47. The van der Waals surface area contributed by atoms with E-state index in [1.807, 2.05) is 26.8 Å². The Morgan fingerprint density at radius 2 is 1.76 bits per heavy atom. The smallest absolute Gasteiger partial charge is 0.330 e. The van der Waals surface area contributed by atoms with Crippen molar-refractivity contribution in [2.24, 2.45) is 11.8 Å². The first-order valence-corrected chi connectivity index (χ1v) is 7.60. The molecule has 0 heterocycles. The third-order valence-corrected chi connectivity index (χ3v) is 3.67. The number of hydrogen-bond donors (Lipinski definition) is 3.